The Bertz CT molecular complexity index is 696. The number of nitrogens with zero attached hydrogens (tertiary/aromatic N) is 2. The lowest BCUT2D eigenvalue weighted by molar-refractivity contribution is -0.239. The van der Waals surface area contributed by atoms with E-state index in [0.717, 1.165) is 19.3 Å². The van der Waals surface area contributed by atoms with Crippen molar-refractivity contribution in [3.63, 3.8) is 0 Å². The average molecular weight is 416 g/mol. The molecule has 0 radical (unpaired) electrons. The average Bonchev–Trinajstić information content (AvgIpc) is 3.03. The van der Waals surface area contributed by atoms with Crippen LogP contribution < -0.4 is 0 Å². The minimum absolute atomic E-state index is 0.0728. The Morgan fingerprint density at radius 3 is 2.38 bits per heavy atom. The highest BCUT2D eigenvalue weighted by molar-refractivity contribution is 5.81. The van der Waals surface area contributed by atoms with E-state index in [0.29, 0.717) is 38.6 Å². The van der Waals surface area contributed by atoms with E-state index in [2.05, 4.69) is 0 Å². The predicted molar refractivity (Wildman–Crippen MR) is 95.5 cm³/mol. The van der Waals surface area contributed by atoms with Crippen molar-refractivity contribution in [2.45, 2.75) is 81.6 Å². The summed E-state index contributed by atoms with van der Waals surface area (Å²) in [5.41, 5.74) is -1.90. The van der Waals surface area contributed by atoms with Crippen molar-refractivity contribution in [3.8, 4) is 0 Å². The van der Waals surface area contributed by atoms with Gasteiger partial charge in [0.05, 0.1) is 0 Å². The van der Waals surface area contributed by atoms with Crippen molar-refractivity contribution in [3.05, 3.63) is 0 Å². The number of hydrogen-bond donors (Lipinski definition) is 0. The van der Waals surface area contributed by atoms with Gasteiger partial charge in [0, 0.05) is 24.5 Å². The number of halogens is 3. The molecule has 1 heterocycles. The second-order valence-electron chi connectivity index (χ2n) is 9.57. The molecule has 5 fully saturated rings. The molecule has 5 rings (SSSR count). The molecule has 0 aromatic rings. The monoisotopic (exact) mass is 416 g/mol. The van der Waals surface area contributed by atoms with Crippen LogP contribution in [0.3, 0.4) is 0 Å². The summed E-state index contributed by atoms with van der Waals surface area (Å²) in [4.78, 5) is 39.7. The zero-order valence-corrected chi connectivity index (χ0v) is 16.5. The number of likely N-dealkylation sites (tertiary alicyclic amines) is 1. The Kier molecular flexibility index (Phi) is 4.85. The van der Waals surface area contributed by atoms with Crippen LogP contribution in [0.5, 0.6) is 0 Å². The summed E-state index contributed by atoms with van der Waals surface area (Å²) in [5, 5.41) is 0. The van der Waals surface area contributed by atoms with E-state index in [-0.39, 0.29) is 36.8 Å². The molecule has 4 bridgehead atoms. The van der Waals surface area contributed by atoms with Gasteiger partial charge < -0.3 is 14.5 Å². The molecule has 3 atom stereocenters. The molecule has 0 N–H and O–H groups in total. The first-order valence-electron chi connectivity index (χ1n) is 10.4. The Labute approximate surface area is 167 Å². The summed E-state index contributed by atoms with van der Waals surface area (Å²) in [6, 6.07) is 0.131. The third kappa shape index (κ3) is 3.61. The Hall–Kier alpha value is -1.80. The standard InChI is InChI=1S/C20H27F3N2O4/c1-13-3-2-4-25(13)16(27)10-24(12-26)18-6-14-5-15(7-18)9-19(8-14,11-18)29-17(28)20(21,22)23/h12-15H,2-11H2,1H3/t13-,14?,15?,18?,19?/m1/s1. The number of carbonyl (C=O) groups excluding carboxylic acids is 3. The molecular weight excluding hydrogens is 389 g/mol. The number of alkyl halides is 3. The third-order valence-corrected chi connectivity index (χ3v) is 7.43. The van der Waals surface area contributed by atoms with E-state index >= 15 is 0 Å². The van der Waals surface area contributed by atoms with Gasteiger partial charge in [0.1, 0.15) is 12.1 Å². The number of ether oxygens (including phenoxy) is 1. The molecule has 2 unspecified atom stereocenters. The number of esters is 1. The summed E-state index contributed by atoms with van der Waals surface area (Å²) in [5.74, 6) is -2.09. The van der Waals surface area contributed by atoms with Gasteiger partial charge in [-0.2, -0.15) is 13.2 Å². The van der Waals surface area contributed by atoms with E-state index in [1.165, 1.54) is 4.90 Å². The maximum Gasteiger partial charge on any atom is 0.490 e. The van der Waals surface area contributed by atoms with E-state index in [4.69, 9.17) is 4.74 Å². The van der Waals surface area contributed by atoms with Crippen LogP contribution in [0.2, 0.25) is 0 Å². The van der Waals surface area contributed by atoms with Gasteiger partial charge in [-0.25, -0.2) is 4.79 Å². The first-order valence-corrected chi connectivity index (χ1v) is 10.4. The minimum Gasteiger partial charge on any atom is -0.452 e. The van der Waals surface area contributed by atoms with Gasteiger partial charge in [-0.3, -0.25) is 9.59 Å². The molecular formula is C20H27F3N2O4. The fourth-order valence-electron chi connectivity index (χ4n) is 6.70. The van der Waals surface area contributed by atoms with Gasteiger partial charge >= 0.3 is 12.1 Å². The van der Waals surface area contributed by atoms with Crippen molar-refractivity contribution in [1.29, 1.82) is 0 Å². The highest BCUT2D eigenvalue weighted by Crippen LogP contribution is 2.60. The molecule has 1 saturated heterocycles. The zero-order chi connectivity index (χ0) is 21.0. The van der Waals surface area contributed by atoms with Crippen LogP contribution in [0.4, 0.5) is 13.2 Å². The summed E-state index contributed by atoms with van der Waals surface area (Å²) >= 11 is 0. The quantitative estimate of drug-likeness (QED) is 0.511. The summed E-state index contributed by atoms with van der Waals surface area (Å²) in [6.07, 6.45) is 0.625. The fraction of sp³-hybridized carbons (Fsp3) is 0.850. The first-order chi connectivity index (χ1) is 13.6. The van der Waals surface area contributed by atoms with Gasteiger partial charge in [-0.05, 0) is 63.7 Å². The van der Waals surface area contributed by atoms with Crippen molar-refractivity contribution in [2.75, 3.05) is 13.1 Å². The van der Waals surface area contributed by atoms with E-state index in [1.54, 1.807) is 4.90 Å². The lowest BCUT2D eigenvalue weighted by atomic mass is 9.50. The highest BCUT2D eigenvalue weighted by Gasteiger charge is 2.63. The number of amides is 2. The summed E-state index contributed by atoms with van der Waals surface area (Å²) in [7, 11) is 0. The van der Waals surface area contributed by atoms with Crippen LogP contribution in [0.25, 0.3) is 0 Å². The summed E-state index contributed by atoms with van der Waals surface area (Å²) in [6.45, 7) is 2.57. The molecule has 5 aliphatic rings. The van der Waals surface area contributed by atoms with Crippen LogP contribution in [0.15, 0.2) is 0 Å². The molecule has 9 heteroatoms. The summed E-state index contributed by atoms with van der Waals surface area (Å²) < 4.78 is 43.6. The van der Waals surface area contributed by atoms with Gasteiger partial charge in [0.25, 0.3) is 0 Å². The molecule has 2 amide bonds. The zero-order valence-electron chi connectivity index (χ0n) is 16.5. The smallest absolute Gasteiger partial charge is 0.452 e. The molecule has 4 aliphatic carbocycles. The van der Waals surface area contributed by atoms with E-state index in [1.807, 2.05) is 6.92 Å². The van der Waals surface area contributed by atoms with Gasteiger partial charge in [0.2, 0.25) is 12.3 Å². The third-order valence-electron chi connectivity index (χ3n) is 7.43. The van der Waals surface area contributed by atoms with Crippen LogP contribution in [-0.2, 0) is 19.1 Å². The molecule has 6 nitrogen and oxygen atoms in total. The topological polar surface area (TPSA) is 66.9 Å². The van der Waals surface area contributed by atoms with Crippen LogP contribution >= 0.6 is 0 Å². The van der Waals surface area contributed by atoms with Crippen LogP contribution in [0, 0.1) is 11.8 Å². The molecule has 1 aliphatic heterocycles. The number of carbonyl (C=O) groups is 3. The lowest BCUT2D eigenvalue weighted by Gasteiger charge is -2.63. The molecule has 162 valence electrons. The van der Waals surface area contributed by atoms with Gasteiger partial charge in [-0.15, -0.1) is 0 Å². The maximum absolute atomic E-state index is 12.8. The normalized spacial score (nSPS) is 38.2. The molecule has 4 saturated carbocycles. The molecule has 0 spiro atoms. The Morgan fingerprint density at radius 1 is 1.21 bits per heavy atom. The van der Waals surface area contributed by atoms with Gasteiger partial charge in [-0.1, -0.05) is 0 Å². The molecule has 0 aromatic heterocycles. The van der Waals surface area contributed by atoms with E-state index < -0.39 is 23.3 Å². The first kappa shape index (κ1) is 20.5. The lowest BCUT2D eigenvalue weighted by Crippen LogP contribution is -2.67. The minimum atomic E-state index is -5.04. The Morgan fingerprint density at radius 2 is 1.86 bits per heavy atom. The second kappa shape index (κ2) is 6.87. The number of rotatable bonds is 5. The maximum atomic E-state index is 12.8. The second-order valence-corrected chi connectivity index (χ2v) is 9.57. The van der Waals surface area contributed by atoms with Crippen molar-refractivity contribution < 1.29 is 32.3 Å². The fourth-order valence-corrected chi connectivity index (χ4v) is 6.70. The predicted octanol–water partition coefficient (Wildman–Crippen LogP) is 2.65. The highest BCUT2D eigenvalue weighted by atomic mass is 19.4. The van der Waals surface area contributed by atoms with Crippen molar-refractivity contribution in [2.24, 2.45) is 11.8 Å². The molecule has 29 heavy (non-hydrogen) atoms. The SMILES string of the molecule is C[C@@H]1CCCN1C(=O)CN(C=O)C12CC3CC(CC(OC(=O)C(F)(F)F)(C3)C1)C2. The Balaban J connectivity index is 1.55. The largest absolute Gasteiger partial charge is 0.490 e. The van der Waals surface area contributed by atoms with Gasteiger partial charge in [0.15, 0.2) is 0 Å². The van der Waals surface area contributed by atoms with Crippen molar-refractivity contribution >= 4 is 18.3 Å². The van der Waals surface area contributed by atoms with Crippen LogP contribution in [0.1, 0.15) is 58.3 Å². The van der Waals surface area contributed by atoms with E-state index in [9.17, 15) is 27.6 Å². The molecule has 0 aromatic carbocycles. The number of hydrogen-bond acceptors (Lipinski definition) is 4. The van der Waals surface area contributed by atoms with Crippen LogP contribution in [-0.4, -0.2) is 64.5 Å². The van der Waals surface area contributed by atoms with Crippen molar-refractivity contribution in [1.82, 2.24) is 9.80 Å².